The first-order valence-electron chi connectivity index (χ1n) is 17.7. The van der Waals surface area contributed by atoms with Gasteiger partial charge in [0.2, 0.25) is 0 Å². The third kappa shape index (κ3) is 16.0. The van der Waals surface area contributed by atoms with Crippen LogP contribution in [-0.2, 0) is 0 Å². The Bertz CT molecular complexity index is 1080. The van der Waals surface area contributed by atoms with E-state index in [1.807, 2.05) is 0 Å². The lowest BCUT2D eigenvalue weighted by Gasteiger charge is -2.07. The lowest BCUT2D eigenvalue weighted by Crippen LogP contribution is -1.97. The summed E-state index contributed by atoms with van der Waals surface area (Å²) in [6.07, 6.45) is 29.8. The van der Waals surface area contributed by atoms with Gasteiger partial charge in [-0.15, -0.1) is 0 Å². The molecule has 44 heavy (non-hydrogen) atoms. The molecule has 2 nitrogen and oxygen atoms in total. The summed E-state index contributed by atoms with van der Waals surface area (Å²) in [6.45, 7) is 6.16. The van der Waals surface area contributed by atoms with Gasteiger partial charge in [0.1, 0.15) is 11.5 Å². The van der Waals surface area contributed by atoms with Gasteiger partial charge in [0.25, 0.3) is 0 Å². The minimum atomic E-state index is 0.807. The van der Waals surface area contributed by atoms with Crippen molar-refractivity contribution in [3.05, 3.63) is 95.1 Å². The van der Waals surface area contributed by atoms with Crippen LogP contribution in [0.4, 0.5) is 0 Å². The predicted molar refractivity (Wildman–Crippen MR) is 193 cm³/mol. The van der Waals surface area contributed by atoms with Gasteiger partial charge in [0, 0.05) is 0 Å². The lowest BCUT2D eigenvalue weighted by atomic mass is 10.1. The monoisotopic (exact) mass is 594 g/mol. The zero-order chi connectivity index (χ0) is 30.9. The highest BCUT2D eigenvalue weighted by atomic mass is 16.5. The molecule has 0 aliphatic rings. The first-order chi connectivity index (χ1) is 21.8. The molecule has 0 amide bonds. The van der Waals surface area contributed by atoms with E-state index < -0.39 is 0 Å². The molecule has 0 atom stereocenters. The summed E-state index contributed by atoms with van der Waals surface area (Å²) < 4.78 is 11.9. The van der Waals surface area contributed by atoms with Crippen LogP contribution in [0, 0.1) is 0 Å². The van der Waals surface area contributed by atoms with E-state index >= 15 is 0 Å². The highest BCUT2D eigenvalue weighted by Gasteiger charge is 1.98. The van der Waals surface area contributed by atoms with Gasteiger partial charge in [-0.25, -0.2) is 0 Å². The van der Waals surface area contributed by atoms with Crippen LogP contribution in [0.5, 0.6) is 11.5 Å². The van der Waals surface area contributed by atoms with E-state index in [2.05, 4.69) is 111 Å². The average molecular weight is 595 g/mol. The molecule has 3 aromatic rings. The number of unbranched alkanes of at least 4 members (excludes halogenated alkanes) is 14. The zero-order valence-corrected chi connectivity index (χ0v) is 27.8. The van der Waals surface area contributed by atoms with Gasteiger partial charge in [-0.1, -0.05) is 171 Å². The van der Waals surface area contributed by atoms with Crippen molar-refractivity contribution in [2.45, 2.75) is 117 Å². The normalized spacial score (nSPS) is 11.5. The molecular weight excluding hydrogens is 536 g/mol. The van der Waals surface area contributed by atoms with Crippen molar-refractivity contribution in [3.8, 4) is 11.5 Å². The van der Waals surface area contributed by atoms with Gasteiger partial charge >= 0.3 is 0 Å². The predicted octanol–water partition coefficient (Wildman–Crippen LogP) is 13.1. The molecule has 238 valence electrons. The molecular formula is C42H58O2. The Morgan fingerprint density at radius 2 is 0.727 bits per heavy atom. The van der Waals surface area contributed by atoms with Gasteiger partial charge in [-0.3, -0.25) is 0 Å². The Balaban J connectivity index is 1.34. The van der Waals surface area contributed by atoms with Crippen LogP contribution in [-0.4, -0.2) is 13.2 Å². The minimum Gasteiger partial charge on any atom is -0.494 e. The van der Waals surface area contributed by atoms with Gasteiger partial charge < -0.3 is 9.47 Å². The van der Waals surface area contributed by atoms with E-state index in [0.29, 0.717) is 0 Å². The topological polar surface area (TPSA) is 18.5 Å². The standard InChI is InChI=1S/C42H58O2/c1-3-5-7-9-11-13-15-17-34-43-41-30-26-37(27-31-41)22-24-39-20-19-21-40(36-39)25-23-38-28-32-42(33-29-38)44-35-18-16-14-12-10-8-6-4-2/h19-33,36H,3-18,34-35H2,1-2H3. The summed E-state index contributed by atoms with van der Waals surface area (Å²) in [4.78, 5) is 0. The molecule has 0 unspecified atom stereocenters. The van der Waals surface area contributed by atoms with Gasteiger partial charge in [0.05, 0.1) is 13.2 Å². The van der Waals surface area contributed by atoms with Crippen molar-refractivity contribution in [1.82, 2.24) is 0 Å². The van der Waals surface area contributed by atoms with Crippen molar-refractivity contribution in [2.75, 3.05) is 13.2 Å². The van der Waals surface area contributed by atoms with Crippen molar-refractivity contribution in [3.63, 3.8) is 0 Å². The van der Waals surface area contributed by atoms with Crippen LogP contribution in [0.2, 0.25) is 0 Å². The number of rotatable bonds is 24. The second-order valence-corrected chi connectivity index (χ2v) is 12.1. The summed E-state index contributed by atoms with van der Waals surface area (Å²) in [5, 5.41) is 0. The van der Waals surface area contributed by atoms with E-state index in [4.69, 9.17) is 9.47 Å². The maximum absolute atomic E-state index is 5.96. The second-order valence-electron chi connectivity index (χ2n) is 12.1. The first kappa shape index (κ1) is 35.2. The smallest absolute Gasteiger partial charge is 0.119 e. The summed E-state index contributed by atoms with van der Waals surface area (Å²) in [5.74, 6) is 1.92. The second kappa shape index (κ2) is 23.2. The quantitative estimate of drug-likeness (QED) is 0.0758. The molecule has 0 spiro atoms. The van der Waals surface area contributed by atoms with Crippen LogP contribution >= 0.6 is 0 Å². The maximum atomic E-state index is 5.96. The van der Waals surface area contributed by atoms with Crippen molar-refractivity contribution in [2.24, 2.45) is 0 Å². The molecule has 0 heterocycles. The van der Waals surface area contributed by atoms with Crippen LogP contribution in [0.3, 0.4) is 0 Å². The molecule has 0 saturated heterocycles. The van der Waals surface area contributed by atoms with Crippen LogP contribution < -0.4 is 9.47 Å². The maximum Gasteiger partial charge on any atom is 0.119 e. The molecule has 0 bridgehead atoms. The van der Waals surface area contributed by atoms with Crippen LogP contribution in [0.1, 0.15) is 139 Å². The summed E-state index contributed by atoms with van der Waals surface area (Å²) in [5.41, 5.74) is 4.73. The molecule has 2 heteroatoms. The summed E-state index contributed by atoms with van der Waals surface area (Å²) in [6, 6.07) is 25.5. The largest absolute Gasteiger partial charge is 0.494 e. The fourth-order valence-electron chi connectivity index (χ4n) is 5.35. The molecule has 3 aromatic carbocycles. The Hall–Kier alpha value is -3.26. The van der Waals surface area contributed by atoms with Crippen LogP contribution in [0.25, 0.3) is 24.3 Å². The summed E-state index contributed by atoms with van der Waals surface area (Å²) >= 11 is 0. The van der Waals surface area contributed by atoms with Crippen molar-refractivity contribution >= 4 is 24.3 Å². The molecule has 0 aliphatic heterocycles. The average Bonchev–Trinajstić information content (AvgIpc) is 3.06. The Morgan fingerprint density at radius 3 is 1.11 bits per heavy atom. The molecule has 0 aromatic heterocycles. The van der Waals surface area contributed by atoms with Crippen molar-refractivity contribution < 1.29 is 9.47 Å². The van der Waals surface area contributed by atoms with E-state index in [1.165, 1.54) is 112 Å². The number of hydrogen-bond acceptors (Lipinski definition) is 2. The SMILES string of the molecule is CCCCCCCCCCOc1ccc(C=Cc2cccc(C=Cc3ccc(OCCCCCCCCCC)cc3)c2)cc1. The molecule has 0 fully saturated rings. The molecule has 0 aliphatic carbocycles. The zero-order valence-electron chi connectivity index (χ0n) is 27.8. The van der Waals surface area contributed by atoms with Gasteiger partial charge in [-0.05, 0) is 65.4 Å². The van der Waals surface area contributed by atoms with E-state index in [0.717, 1.165) is 37.6 Å². The third-order valence-corrected chi connectivity index (χ3v) is 8.14. The number of benzene rings is 3. The molecule has 0 saturated carbocycles. The van der Waals surface area contributed by atoms with Crippen molar-refractivity contribution in [1.29, 1.82) is 0 Å². The number of ether oxygens (including phenoxy) is 2. The van der Waals surface area contributed by atoms with E-state index in [9.17, 15) is 0 Å². The van der Waals surface area contributed by atoms with Crippen LogP contribution in [0.15, 0.2) is 72.8 Å². The Labute approximate surface area is 269 Å². The minimum absolute atomic E-state index is 0.807. The lowest BCUT2D eigenvalue weighted by molar-refractivity contribution is 0.304. The highest BCUT2D eigenvalue weighted by molar-refractivity contribution is 5.74. The Kier molecular flexibility index (Phi) is 18.5. The first-order valence-corrected chi connectivity index (χ1v) is 17.7. The van der Waals surface area contributed by atoms with E-state index in [-0.39, 0.29) is 0 Å². The fourth-order valence-corrected chi connectivity index (χ4v) is 5.35. The van der Waals surface area contributed by atoms with Gasteiger partial charge in [0.15, 0.2) is 0 Å². The molecule has 0 radical (unpaired) electrons. The molecule has 0 N–H and O–H groups in total. The highest BCUT2D eigenvalue weighted by Crippen LogP contribution is 2.19. The Morgan fingerprint density at radius 1 is 0.386 bits per heavy atom. The third-order valence-electron chi connectivity index (χ3n) is 8.14. The summed E-state index contributed by atoms with van der Waals surface area (Å²) in [7, 11) is 0. The van der Waals surface area contributed by atoms with Gasteiger partial charge in [-0.2, -0.15) is 0 Å². The van der Waals surface area contributed by atoms with E-state index in [1.54, 1.807) is 0 Å². The number of hydrogen-bond donors (Lipinski definition) is 0. The fraction of sp³-hybridized carbons (Fsp3) is 0.476. The molecule has 3 rings (SSSR count).